The number of hydrogen-bond donors (Lipinski definition) is 1. The third-order valence-electron chi connectivity index (χ3n) is 3.83. The Morgan fingerprint density at radius 1 is 1.19 bits per heavy atom. The van der Waals surface area contributed by atoms with E-state index in [1.807, 2.05) is 18.2 Å². The van der Waals surface area contributed by atoms with Gasteiger partial charge in [-0.1, -0.05) is 17.7 Å². The molecule has 0 saturated heterocycles. The zero-order valence-corrected chi connectivity index (χ0v) is 15.5. The molecule has 8 heteroatoms. The maximum atomic E-state index is 12.2. The van der Waals surface area contributed by atoms with Crippen LogP contribution in [0.5, 0.6) is 5.75 Å². The van der Waals surface area contributed by atoms with Crippen LogP contribution in [0.4, 0.5) is 5.82 Å². The van der Waals surface area contributed by atoms with E-state index in [4.69, 9.17) is 16.3 Å². The zero-order valence-electron chi connectivity index (χ0n) is 14.8. The molecule has 0 bridgehead atoms. The normalized spacial score (nSPS) is 10.5. The van der Waals surface area contributed by atoms with Crippen LogP contribution in [0.2, 0.25) is 5.02 Å². The number of halogens is 1. The lowest BCUT2D eigenvalue weighted by Crippen LogP contribution is -2.23. The van der Waals surface area contributed by atoms with E-state index in [0.29, 0.717) is 23.0 Å². The Morgan fingerprint density at radius 3 is 2.67 bits per heavy atom. The molecule has 27 heavy (non-hydrogen) atoms. The molecule has 3 aromatic rings. The highest BCUT2D eigenvalue weighted by Gasteiger charge is 2.10. The van der Waals surface area contributed by atoms with Crippen molar-refractivity contribution in [3.8, 4) is 5.75 Å². The molecule has 0 saturated carbocycles. The van der Waals surface area contributed by atoms with E-state index in [-0.39, 0.29) is 11.3 Å². The third-order valence-corrected chi connectivity index (χ3v) is 4.05. The fraction of sp³-hybridized carbons (Fsp3) is 0.158. The summed E-state index contributed by atoms with van der Waals surface area (Å²) in [7, 11) is 3.07. The molecular weight excluding hydrogens is 368 g/mol. The Balaban J connectivity index is 1.70. The van der Waals surface area contributed by atoms with E-state index < -0.39 is 5.91 Å². The van der Waals surface area contributed by atoms with Gasteiger partial charge in [0, 0.05) is 24.3 Å². The first-order valence-electron chi connectivity index (χ1n) is 8.09. The maximum Gasteiger partial charge on any atom is 0.277 e. The number of anilines is 1. The molecule has 0 fully saturated rings. The smallest absolute Gasteiger partial charge is 0.277 e. The standard InChI is InChI=1S/C19H17ClN4O3/c1-24-18(25)6-4-16(23-24)19(26)22-17-5-3-12(11-21-17)7-13-8-14(20)10-15(9-13)27-2/h3-6,8-11H,7H2,1-2H3,(H,21,22,26). The van der Waals surface area contributed by atoms with Crippen molar-refractivity contribution in [2.75, 3.05) is 12.4 Å². The van der Waals surface area contributed by atoms with Crippen LogP contribution < -0.4 is 15.6 Å². The van der Waals surface area contributed by atoms with Crippen LogP contribution in [0.1, 0.15) is 21.6 Å². The minimum atomic E-state index is -0.439. The van der Waals surface area contributed by atoms with Crippen molar-refractivity contribution in [2.24, 2.45) is 7.05 Å². The summed E-state index contributed by atoms with van der Waals surface area (Å²) in [6.45, 7) is 0. The summed E-state index contributed by atoms with van der Waals surface area (Å²) in [6.07, 6.45) is 2.30. The van der Waals surface area contributed by atoms with E-state index >= 15 is 0 Å². The molecule has 0 spiro atoms. The zero-order chi connectivity index (χ0) is 19.4. The highest BCUT2D eigenvalue weighted by molar-refractivity contribution is 6.30. The first kappa shape index (κ1) is 18.6. The Labute approximate surface area is 160 Å². The molecule has 0 atom stereocenters. The highest BCUT2D eigenvalue weighted by atomic mass is 35.5. The van der Waals surface area contributed by atoms with Gasteiger partial charge in [0.05, 0.1) is 7.11 Å². The summed E-state index contributed by atoms with van der Waals surface area (Å²) in [5, 5.41) is 7.16. The number of aromatic nitrogens is 3. The van der Waals surface area contributed by atoms with Gasteiger partial charge in [-0.25, -0.2) is 9.67 Å². The van der Waals surface area contributed by atoms with Gasteiger partial charge in [0.1, 0.15) is 17.3 Å². The SMILES string of the molecule is COc1cc(Cl)cc(Cc2ccc(NC(=O)c3ccc(=O)n(C)n3)nc2)c1. The van der Waals surface area contributed by atoms with Gasteiger partial charge < -0.3 is 10.1 Å². The Hall–Kier alpha value is -3.19. The van der Waals surface area contributed by atoms with Crippen LogP contribution in [-0.2, 0) is 13.5 Å². The average molecular weight is 385 g/mol. The van der Waals surface area contributed by atoms with Crippen LogP contribution in [0.15, 0.2) is 53.5 Å². The van der Waals surface area contributed by atoms with Crippen molar-refractivity contribution < 1.29 is 9.53 Å². The van der Waals surface area contributed by atoms with Crippen LogP contribution in [0.25, 0.3) is 0 Å². The summed E-state index contributed by atoms with van der Waals surface area (Å²) in [5.74, 6) is 0.646. The number of hydrogen-bond acceptors (Lipinski definition) is 5. The van der Waals surface area contributed by atoms with E-state index in [2.05, 4.69) is 15.4 Å². The lowest BCUT2D eigenvalue weighted by atomic mass is 10.1. The highest BCUT2D eigenvalue weighted by Crippen LogP contribution is 2.22. The molecular formula is C19H17ClN4O3. The molecule has 1 N–H and O–H groups in total. The van der Waals surface area contributed by atoms with Gasteiger partial charge in [0.15, 0.2) is 0 Å². The monoisotopic (exact) mass is 384 g/mol. The van der Waals surface area contributed by atoms with Gasteiger partial charge in [-0.2, -0.15) is 5.10 Å². The Kier molecular flexibility index (Phi) is 5.52. The number of benzene rings is 1. The molecule has 1 amide bonds. The number of rotatable bonds is 5. The molecule has 7 nitrogen and oxygen atoms in total. The molecule has 0 aliphatic rings. The molecule has 1 aromatic carbocycles. The first-order chi connectivity index (χ1) is 12.9. The van der Waals surface area contributed by atoms with E-state index in [9.17, 15) is 9.59 Å². The van der Waals surface area contributed by atoms with Crippen molar-refractivity contribution >= 4 is 23.3 Å². The second-order valence-corrected chi connectivity index (χ2v) is 6.30. The lowest BCUT2D eigenvalue weighted by molar-refractivity contribution is 0.101. The van der Waals surface area contributed by atoms with Crippen molar-refractivity contribution in [2.45, 2.75) is 6.42 Å². The number of carbonyl (C=O) groups is 1. The van der Waals surface area contributed by atoms with Crippen molar-refractivity contribution in [3.05, 3.63) is 80.9 Å². The number of aryl methyl sites for hydroxylation is 1. The number of nitrogens with zero attached hydrogens (tertiary/aromatic N) is 3. The quantitative estimate of drug-likeness (QED) is 0.730. The molecule has 0 radical (unpaired) electrons. The lowest BCUT2D eigenvalue weighted by Gasteiger charge is -2.08. The second kappa shape index (κ2) is 8.01. The predicted molar refractivity (Wildman–Crippen MR) is 102 cm³/mol. The summed E-state index contributed by atoms with van der Waals surface area (Å²) < 4.78 is 6.32. The van der Waals surface area contributed by atoms with Crippen molar-refractivity contribution in [1.82, 2.24) is 14.8 Å². The largest absolute Gasteiger partial charge is 0.497 e. The fourth-order valence-corrected chi connectivity index (χ4v) is 2.73. The molecule has 138 valence electrons. The summed E-state index contributed by atoms with van der Waals surface area (Å²) >= 11 is 6.09. The average Bonchev–Trinajstić information content (AvgIpc) is 2.65. The number of ether oxygens (including phenoxy) is 1. The molecule has 0 aliphatic heterocycles. The van der Waals surface area contributed by atoms with E-state index in [1.54, 1.807) is 25.4 Å². The fourth-order valence-electron chi connectivity index (χ4n) is 2.48. The van der Waals surface area contributed by atoms with Crippen molar-refractivity contribution in [1.29, 1.82) is 0 Å². The summed E-state index contributed by atoms with van der Waals surface area (Å²) in [5.41, 5.74) is 1.80. The maximum absolute atomic E-state index is 12.2. The van der Waals surface area contributed by atoms with Gasteiger partial charge >= 0.3 is 0 Å². The molecule has 3 rings (SSSR count). The molecule has 2 aromatic heterocycles. The summed E-state index contributed by atoms with van der Waals surface area (Å²) in [6, 6.07) is 11.8. The van der Waals surface area contributed by atoms with Crippen LogP contribution >= 0.6 is 11.6 Å². The topological polar surface area (TPSA) is 86.1 Å². The van der Waals surface area contributed by atoms with Gasteiger partial charge in [-0.05, 0) is 47.9 Å². The number of amides is 1. The number of carbonyl (C=O) groups excluding carboxylic acids is 1. The molecule has 2 heterocycles. The Bertz CT molecular complexity index is 1030. The predicted octanol–water partition coefficient (Wildman–Crippen LogP) is 2.68. The van der Waals surface area contributed by atoms with Gasteiger partial charge in [0.2, 0.25) is 0 Å². The minimum absolute atomic E-state index is 0.133. The summed E-state index contributed by atoms with van der Waals surface area (Å²) in [4.78, 5) is 27.8. The molecule has 0 unspecified atom stereocenters. The van der Waals surface area contributed by atoms with Gasteiger partial charge in [-0.15, -0.1) is 0 Å². The number of pyridine rings is 1. The van der Waals surface area contributed by atoms with Crippen LogP contribution in [0, 0.1) is 0 Å². The third kappa shape index (κ3) is 4.71. The van der Waals surface area contributed by atoms with Crippen molar-refractivity contribution in [3.63, 3.8) is 0 Å². The van der Waals surface area contributed by atoms with Gasteiger partial charge in [0.25, 0.3) is 11.5 Å². The molecule has 0 aliphatic carbocycles. The van der Waals surface area contributed by atoms with E-state index in [1.165, 1.54) is 19.2 Å². The van der Waals surface area contributed by atoms with Gasteiger partial charge in [-0.3, -0.25) is 9.59 Å². The minimum Gasteiger partial charge on any atom is -0.497 e. The van der Waals surface area contributed by atoms with E-state index in [0.717, 1.165) is 15.8 Å². The number of nitrogens with one attached hydrogen (secondary N) is 1. The van der Waals surface area contributed by atoms with Crippen LogP contribution in [-0.4, -0.2) is 27.8 Å². The van der Waals surface area contributed by atoms with Crippen LogP contribution in [0.3, 0.4) is 0 Å². The second-order valence-electron chi connectivity index (χ2n) is 5.86. The Morgan fingerprint density at radius 2 is 2.00 bits per heavy atom. The first-order valence-corrected chi connectivity index (χ1v) is 8.46. The number of methoxy groups -OCH3 is 1.